The van der Waals surface area contributed by atoms with Gasteiger partial charge >= 0.3 is 0 Å². The quantitative estimate of drug-likeness (QED) is 0.279. The Kier molecular flexibility index (Phi) is 6.72. The summed E-state index contributed by atoms with van der Waals surface area (Å²) in [5.41, 5.74) is 2.18. The minimum absolute atomic E-state index is 0.263. The third kappa shape index (κ3) is 5.24. The molecule has 4 aromatic rings. The molecule has 0 N–H and O–H groups in total. The van der Waals surface area contributed by atoms with Crippen LogP contribution in [0.25, 0.3) is 11.4 Å². The highest BCUT2D eigenvalue weighted by atomic mass is 32.2. The van der Waals surface area contributed by atoms with Gasteiger partial charge in [-0.25, -0.2) is 4.39 Å². The second kappa shape index (κ2) is 10.0. The van der Waals surface area contributed by atoms with E-state index in [-0.39, 0.29) is 5.82 Å². The first-order valence-corrected chi connectivity index (χ1v) is 10.7. The molecule has 0 atom stereocenters. The van der Waals surface area contributed by atoms with Gasteiger partial charge in [-0.15, -0.1) is 10.2 Å². The molecule has 0 saturated heterocycles. The van der Waals surface area contributed by atoms with Crippen molar-refractivity contribution in [2.24, 2.45) is 0 Å². The molecule has 0 saturated carbocycles. The topological polar surface area (TPSA) is 52.8 Å². The fourth-order valence-corrected chi connectivity index (χ4v) is 3.81. The summed E-state index contributed by atoms with van der Waals surface area (Å²) in [6.45, 7) is 1.25. The maximum atomic E-state index is 13.0. The van der Waals surface area contributed by atoms with Crippen LogP contribution < -0.4 is 4.74 Å². The van der Waals surface area contributed by atoms with Crippen molar-refractivity contribution in [2.75, 3.05) is 12.4 Å². The molecule has 0 spiro atoms. The molecule has 152 valence electrons. The number of benzene rings is 2. The van der Waals surface area contributed by atoms with E-state index in [0.29, 0.717) is 18.9 Å². The van der Waals surface area contributed by atoms with Gasteiger partial charge in [-0.05, 0) is 48.4 Å². The van der Waals surface area contributed by atoms with E-state index in [4.69, 9.17) is 4.74 Å². The normalized spacial score (nSPS) is 10.8. The number of nitrogens with zero attached hydrogens (tertiary/aromatic N) is 4. The van der Waals surface area contributed by atoms with E-state index in [1.54, 1.807) is 36.3 Å². The number of aromatic nitrogens is 4. The van der Waals surface area contributed by atoms with Crippen LogP contribution in [-0.2, 0) is 6.54 Å². The second-order valence-electron chi connectivity index (χ2n) is 6.62. The highest BCUT2D eigenvalue weighted by molar-refractivity contribution is 7.99. The van der Waals surface area contributed by atoms with Crippen molar-refractivity contribution >= 4 is 11.8 Å². The first kappa shape index (κ1) is 20.1. The number of ether oxygens (including phenoxy) is 1. The highest BCUT2D eigenvalue weighted by Crippen LogP contribution is 2.25. The fraction of sp³-hybridized carbons (Fsp3) is 0.174. The van der Waals surface area contributed by atoms with Gasteiger partial charge in [0.25, 0.3) is 0 Å². The zero-order valence-corrected chi connectivity index (χ0v) is 17.1. The maximum Gasteiger partial charge on any atom is 0.191 e. The van der Waals surface area contributed by atoms with Gasteiger partial charge in [-0.2, -0.15) is 0 Å². The summed E-state index contributed by atoms with van der Waals surface area (Å²) in [6, 6.07) is 20.2. The van der Waals surface area contributed by atoms with Gasteiger partial charge in [0.1, 0.15) is 11.6 Å². The van der Waals surface area contributed by atoms with Crippen molar-refractivity contribution in [3.63, 3.8) is 0 Å². The van der Waals surface area contributed by atoms with Crippen molar-refractivity contribution in [3.8, 4) is 17.1 Å². The van der Waals surface area contributed by atoms with Gasteiger partial charge in [0.15, 0.2) is 11.0 Å². The molecule has 2 aromatic carbocycles. The summed E-state index contributed by atoms with van der Waals surface area (Å²) in [4.78, 5) is 4.09. The number of hydrogen-bond donors (Lipinski definition) is 0. The van der Waals surface area contributed by atoms with E-state index in [1.165, 1.54) is 17.7 Å². The van der Waals surface area contributed by atoms with Crippen molar-refractivity contribution < 1.29 is 9.13 Å². The average molecular weight is 421 g/mol. The zero-order chi connectivity index (χ0) is 20.6. The Morgan fingerprint density at radius 2 is 1.67 bits per heavy atom. The standard InChI is InChI=1S/C23H21FN4OS/c24-20-7-9-21(10-8-20)29-15-4-16-30-23-27-26-22(19-11-13-25-14-12-19)28(23)17-18-5-2-1-3-6-18/h1-3,5-14H,4,15-17H2. The smallest absolute Gasteiger partial charge is 0.191 e. The van der Waals surface area contributed by atoms with Crippen LogP contribution in [0.3, 0.4) is 0 Å². The van der Waals surface area contributed by atoms with Gasteiger partial charge in [-0.1, -0.05) is 42.1 Å². The molecule has 0 bridgehead atoms. The number of pyridine rings is 1. The van der Waals surface area contributed by atoms with Crippen molar-refractivity contribution in [1.29, 1.82) is 0 Å². The van der Waals surface area contributed by atoms with E-state index in [1.807, 2.05) is 30.3 Å². The predicted octanol–water partition coefficient (Wildman–Crippen LogP) is 5.09. The summed E-state index contributed by atoms with van der Waals surface area (Å²) in [5, 5.41) is 9.73. The molecule has 0 aliphatic carbocycles. The van der Waals surface area contributed by atoms with Crippen molar-refractivity contribution in [3.05, 3.63) is 90.5 Å². The molecule has 0 radical (unpaired) electrons. The van der Waals surface area contributed by atoms with E-state index in [9.17, 15) is 4.39 Å². The van der Waals surface area contributed by atoms with Crippen LogP contribution in [0.1, 0.15) is 12.0 Å². The summed E-state index contributed by atoms with van der Waals surface area (Å²) < 4.78 is 20.8. The van der Waals surface area contributed by atoms with E-state index < -0.39 is 0 Å². The first-order chi connectivity index (χ1) is 14.8. The summed E-state index contributed by atoms with van der Waals surface area (Å²) in [7, 11) is 0. The summed E-state index contributed by atoms with van der Waals surface area (Å²) in [5.74, 6) is 2.07. The third-order valence-electron chi connectivity index (χ3n) is 4.44. The van der Waals surface area contributed by atoms with Gasteiger partial charge < -0.3 is 4.74 Å². The molecule has 0 aliphatic heterocycles. The summed E-state index contributed by atoms with van der Waals surface area (Å²) >= 11 is 1.65. The van der Waals surface area contributed by atoms with Crippen LogP contribution in [-0.4, -0.2) is 32.1 Å². The van der Waals surface area contributed by atoms with Crippen LogP contribution in [0.15, 0.2) is 84.3 Å². The minimum Gasteiger partial charge on any atom is -0.494 e. The van der Waals surface area contributed by atoms with Crippen molar-refractivity contribution in [2.45, 2.75) is 18.1 Å². The van der Waals surface area contributed by atoms with Gasteiger partial charge in [-0.3, -0.25) is 9.55 Å². The Morgan fingerprint density at radius 3 is 2.43 bits per heavy atom. The molecule has 4 rings (SSSR count). The third-order valence-corrected chi connectivity index (χ3v) is 5.49. The molecule has 0 aliphatic rings. The number of rotatable bonds is 9. The van der Waals surface area contributed by atoms with Crippen LogP contribution >= 0.6 is 11.8 Å². The van der Waals surface area contributed by atoms with Gasteiger partial charge in [0.2, 0.25) is 0 Å². The predicted molar refractivity (Wildman–Crippen MR) is 116 cm³/mol. The minimum atomic E-state index is -0.263. The van der Waals surface area contributed by atoms with E-state index >= 15 is 0 Å². The van der Waals surface area contributed by atoms with Crippen LogP contribution in [0.2, 0.25) is 0 Å². The zero-order valence-electron chi connectivity index (χ0n) is 16.3. The summed E-state index contributed by atoms with van der Waals surface area (Å²) in [6.07, 6.45) is 4.36. The molecule has 30 heavy (non-hydrogen) atoms. The lowest BCUT2D eigenvalue weighted by molar-refractivity contribution is 0.318. The molecule has 0 unspecified atom stereocenters. The lowest BCUT2D eigenvalue weighted by Crippen LogP contribution is -2.05. The second-order valence-corrected chi connectivity index (χ2v) is 7.68. The molecule has 0 amide bonds. The lowest BCUT2D eigenvalue weighted by atomic mass is 10.2. The largest absolute Gasteiger partial charge is 0.494 e. The molecule has 5 nitrogen and oxygen atoms in total. The van der Waals surface area contributed by atoms with Crippen LogP contribution in [0.4, 0.5) is 4.39 Å². The lowest BCUT2D eigenvalue weighted by Gasteiger charge is -2.11. The molecule has 0 fully saturated rings. The monoisotopic (exact) mass is 420 g/mol. The van der Waals surface area contributed by atoms with Gasteiger partial charge in [0.05, 0.1) is 13.2 Å². The van der Waals surface area contributed by atoms with Crippen molar-refractivity contribution in [1.82, 2.24) is 19.7 Å². The van der Waals surface area contributed by atoms with E-state index in [0.717, 1.165) is 28.7 Å². The molecular formula is C23H21FN4OS. The molecule has 7 heteroatoms. The fourth-order valence-electron chi connectivity index (χ4n) is 2.96. The first-order valence-electron chi connectivity index (χ1n) is 9.68. The average Bonchev–Trinajstić information content (AvgIpc) is 3.18. The Bertz CT molecular complexity index is 1060. The van der Waals surface area contributed by atoms with Gasteiger partial charge in [0, 0.05) is 23.7 Å². The van der Waals surface area contributed by atoms with Crippen LogP contribution in [0.5, 0.6) is 5.75 Å². The SMILES string of the molecule is Fc1ccc(OCCCSc2nnc(-c3ccncc3)n2Cc2ccccc2)cc1. The Morgan fingerprint density at radius 1 is 0.900 bits per heavy atom. The molecule has 2 aromatic heterocycles. The number of halogens is 1. The maximum absolute atomic E-state index is 13.0. The number of thioether (sulfide) groups is 1. The van der Waals surface area contributed by atoms with Crippen LogP contribution in [0, 0.1) is 5.82 Å². The number of hydrogen-bond acceptors (Lipinski definition) is 5. The molecule has 2 heterocycles. The van der Waals surface area contributed by atoms with E-state index in [2.05, 4.69) is 31.9 Å². The Balaban J connectivity index is 1.42. The highest BCUT2D eigenvalue weighted by Gasteiger charge is 2.14. The Hall–Kier alpha value is -3.19. The molecular weight excluding hydrogens is 399 g/mol. The Labute approximate surface area is 179 Å².